The van der Waals surface area contributed by atoms with Crippen LogP contribution in [-0.2, 0) is 5.41 Å². The first-order valence-electron chi connectivity index (χ1n) is 14.3. The van der Waals surface area contributed by atoms with E-state index < -0.39 is 11.0 Å². The summed E-state index contributed by atoms with van der Waals surface area (Å²) in [5, 5.41) is 14.6. The Morgan fingerprint density at radius 3 is 2.67 bits per heavy atom. The number of β-amino-alcohol motifs (C(OH)–C–C–N with tert-alkyl or cyclic N) is 1. The molecule has 2 aliphatic rings. The third kappa shape index (κ3) is 5.22. The molecule has 5 nitrogen and oxygen atoms in total. The summed E-state index contributed by atoms with van der Waals surface area (Å²) >= 11 is 0. The molecule has 5 rings (SSSR count). The summed E-state index contributed by atoms with van der Waals surface area (Å²) < 4.78 is 5.60. The van der Waals surface area contributed by atoms with Gasteiger partial charge in [-0.25, -0.2) is 0 Å². The van der Waals surface area contributed by atoms with Crippen LogP contribution in [0.15, 0.2) is 79.4 Å². The van der Waals surface area contributed by atoms with Crippen molar-refractivity contribution in [1.82, 2.24) is 9.80 Å². The van der Waals surface area contributed by atoms with Gasteiger partial charge >= 0.3 is 0 Å². The summed E-state index contributed by atoms with van der Waals surface area (Å²) in [5.74, 6) is 1.21. The van der Waals surface area contributed by atoms with E-state index in [4.69, 9.17) is 4.74 Å². The Bertz CT molecular complexity index is 1340. The van der Waals surface area contributed by atoms with Gasteiger partial charge < -0.3 is 14.7 Å². The van der Waals surface area contributed by atoms with Crippen molar-refractivity contribution in [3.05, 3.63) is 90.5 Å². The van der Waals surface area contributed by atoms with Crippen molar-refractivity contribution in [3.8, 4) is 5.75 Å². The van der Waals surface area contributed by atoms with Gasteiger partial charge in [0.25, 0.3) is 5.91 Å². The monoisotopic (exact) mass is 526 g/mol. The van der Waals surface area contributed by atoms with Crippen LogP contribution in [0.2, 0.25) is 0 Å². The summed E-state index contributed by atoms with van der Waals surface area (Å²) in [6.45, 7) is 11.2. The highest BCUT2D eigenvalue weighted by atomic mass is 16.5. The molecule has 1 aliphatic carbocycles. The highest BCUT2D eigenvalue weighted by Gasteiger charge is 2.58. The molecule has 1 N–H and O–H groups in total. The Kier molecular flexibility index (Phi) is 7.84. The van der Waals surface area contributed by atoms with E-state index in [0.717, 1.165) is 60.0 Å². The van der Waals surface area contributed by atoms with Gasteiger partial charge in [0, 0.05) is 36.7 Å². The molecule has 1 heterocycles. The molecule has 0 aromatic heterocycles. The van der Waals surface area contributed by atoms with Gasteiger partial charge in [0.15, 0.2) is 0 Å². The number of amides is 1. The predicted molar refractivity (Wildman–Crippen MR) is 158 cm³/mol. The fraction of sp³-hybridized carbons (Fsp3) is 0.441. The minimum Gasteiger partial charge on any atom is -0.497 e. The smallest absolute Gasteiger partial charge is 0.254 e. The first kappa shape index (κ1) is 27.4. The average Bonchev–Trinajstić information content (AvgIpc) is 2.95. The number of nitrogens with zero attached hydrogens (tertiary/aromatic N) is 2. The largest absolute Gasteiger partial charge is 0.497 e. The molecule has 3 unspecified atom stereocenters. The number of aliphatic hydroxyl groups is 1. The zero-order chi connectivity index (χ0) is 27.6. The van der Waals surface area contributed by atoms with Crippen molar-refractivity contribution in [2.24, 2.45) is 5.92 Å². The van der Waals surface area contributed by atoms with Crippen LogP contribution in [0.25, 0.3) is 10.8 Å². The second kappa shape index (κ2) is 11.1. The number of carbonyl (C=O) groups is 1. The van der Waals surface area contributed by atoms with Crippen LogP contribution in [0, 0.1) is 5.92 Å². The Morgan fingerprint density at radius 1 is 1.13 bits per heavy atom. The number of benzene rings is 3. The number of likely N-dealkylation sites (tertiary alicyclic amines) is 1. The highest BCUT2D eigenvalue weighted by Crippen LogP contribution is 2.53. The van der Waals surface area contributed by atoms with Crippen LogP contribution in [0.1, 0.15) is 55.5 Å². The minimum atomic E-state index is -0.896. The topological polar surface area (TPSA) is 53.0 Å². The van der Waals surface area contributed by atoms with Crippen LogP contribution >= 0.6 is 0 Å². The number of fused-ring (bicyclic) bond motifs is 2. The van der Waals surface area contributed by atoms with E-state index in [1.54, 1.807) is 7.11 Å². The number of hydrogen-bond donors (Lipinski definition) is 1. The van der Waals surface area contributed by atoms with Gasteiger partial charge in [0.05, 0.1) is 12.7 Å². The number of methoxy groups -OCH3 is 1. The standard InChI is InChI=1S/C34H42N2O3/c1-5-18-35-19-17-33(29-11-8-12-31(21-29)39-4)22-30(15-16-34(33,38)24-35)36(23-25(2)3)32(37)28-14-13-26-9-6-7-10-27(26)20-28/h5-14,20-21,25,30,38H,1,15-19,22-24H2,2-4H3. The van der Waals surface area contributed by atoms with Crippen LogP contribution in [0.3, 0.4) is 0 Å². The van der Waals surface area contributed by atoms with Gasteiger partial charge in [-0.3, -0.25) is 9.69 Å². The molecule has 0 spiro atoms. The Labute approximate surface area is 233 Å². The molecule has 39 heavy (non-hydrogen) atoms. The molecule has 2 fully saturated rings. The zero-order valence-corrected chi connectivity index (χ0v) is 23.6. The van der Waals surface area contributed by atoms with Crippen LogP contribution < -0.4 is 4.74 Å². The first-order chi connectivity index (χ1) is 18.8. The number of rotatable bonds is 8. The summed E-state index contributed by atoms with van der Waals surface area (Å²) in [6.07, 6.45) is 4.88. The molecule has 3 aromatic carbocycles. The Morgan fingerprint density at radius 2 is 1.92 bits per heavy atom. The van der Waals surface area contributed by atoms with Crippen molar-refractivity contribution in [1.29, 1.82) is 0 Å². The fourth-order valence-electron chi connectivity index (χ4n) is 7.04. The molecule has 5 heteroatoms. The van der Waals surface area contributed by atoms with Crippen molar-refractivity contribution in [2.75, 3.05) is 33.3 Å². The van der Waals surface area contributed by atoms with Gasteiger partial charge in [-0.2, -0.15) is 0 Å². The number of ether oxygens (including phenoxy) is 1. The SMILES string of the molecule is C=CCN1CCC2(c3cccc(OC)c3)CC(N(CC(C)C)C(=O)c3ccc4ccccc4c3)CCC2(O)C1. The molecular weight excluding hydrogens is 484 g/mol. The summed E-state index contributed by atoms with van der Waals surface area (Å²) in [7, 11) is 1.69. The van der Waals surface area contributed by atoms with Crippen LogP contribution in [-0.4, -0.2) is 65.7 Å². The molecule has 1 aliphatic heterocycles. The quantitative estimate of drug-likeness (QED) is 0.363. The Balaban J connectivity index is 1.53. The van der Waals surface area contributed by atoms with Crippen molar-refractivity contribution >= 4 is 16.7 Å². The molecule has 1 saturated carbocycles. The van der Waals surface area contributed by atoms with E-state index in [0.29, 0.717) is 25.4 Å². The van der Waals surface area contributed by atoms with E-state index in [1.165, 1.54) is 0 Å². The second-order valence-corrected chi connectivity index (χ2v) is 11.9. The maximum absolute atomic E-state index is 14.2. The van der Waals surface area contributed by atoms with E-state index in [9.17, 15) is 9.90 Å². The molecule has 3 aromatic rings. The molecule has 206 valence electrons. The van der Waals surface area contributed by atoms with Crippen LogP contribution in [0.5, 0.6) is 5.75 Å². The van der Waals surface area contributed by atoms with E-state index in [2.05, 4.69) is 54.5 Å². The third-order valence-electron chi connectivity index (χ3n) is 8.98. The first-order valence-corrected chi connectivity index (χ1v) is 14.3. The molecule has 0 bridgehead atoms. The Hall–Kier alpha value is -3.15. The maximum Gasteiger partial charge on any atom is 0.254 e. The van der Waals surface area contributed by atoms with Gasteiger partial charge in [0.2, 0.25) is 0 Å². The lowest BCUT2D eigenvalue weighted by Crippen LogP contribution is -2.67. The third-order valence-corrected chi connectivity index (χ3v) is 8.98. The normalized spacial score (nSPS) is 25.3. The predicted octanol–water partition coefficient (Wildman–Crippen LogP) is 6.06. The molecular formula is C34H42N2O3. The molecule has 1 saturated heterocycles. The summed E-state index contributed by atoms with van der Waals surface area (Å²) in [4.78, 5) is 18.6. The van der Waals surface area contributed by atoms with E-state index in [-0.39, 0.29) is 11.9 Å². The fourth-order valence-corrected chi connectivity index (χ4v) is 7.04. The van der Waals surface area contributed by atoms with Crippen molar-refractivity contribution in [3.63, 3.8) is 0 Å². The highest BCUT2D eigenvalue weighted by molar-refractivity contribution is 5.98. The molecule has 3 atom stereocenters. The van der Waals surface area contributed by atoms with Crippen molar-refractivity contribution < 1.29 is 14.6 Å². The summed E-state index contributed by atoms with van der Waals surface area (Å²) in [5.41, 5.74) is 0.467. The lowest BCUT2D eigenvalue weighted by atomic mass is 9.55. The van der Waals surface area contributed by atoms with Crippen LogP contribution in [0.4, 0.5) is 0 Å². The lowest BCUT2D eigenvalue weighted by molar-refractivity contribution is -0.131. The van der Waals surface area contributed by atoms with Crippen molar-refractivity contribution in [2.45, 2.75) is 56.6 Å². The maximum atomic E-state index is 14.2. The lowest BCUT2D eigenvalue weighted by Gasteiger charge is -2.59. The molecule has 0 radical (unpaired) electrons. The van der Waals surface area contributed by atoms with Gasteiger partial charge in [-0.1, -0.05) is 62.4 Å². The average molecular weight is 527 g/mol. The minimum absolute atomic E-state index is 0.0313. The number of carbonyl (C=O) groups excluding carboxylic acids is 1. The van der Waals surface area contributed by atoms with Gasteiger partial charge in [-0.05, 0) is 78.7 Å². The summed E-state index contributed by atoms with van der Waals surface area (Å²) in [6, 6.07) is 22.5. The number of hydrogen-bond acceptors (Lipinski definition) is 4. The molecule has 1 amide bonds. The zero-order valence-electron chi connectivity index (χ0n) is 23.6. The second-order valence-electron chi connectivity index (χ2n) is 11.9. The van der Waals surface area contributed by atoms with Gasteiger partial charge in [-0.15, -0.1) is 6.58 Å². The van der Waals surface area contributed by atoms with Gasteiger partial charge in [0.1, 0.15) is 5.75 Å². The van der Waals surface area contributed by atoms with E-state index >= 15 is 0 Å². The van der Waals surface area contributed by atoms with E-state index in [1.807, 2.05) is 48.5 Å². The number of piperidine rings is 1.